The van der Waals surface area contributed by atoms with Gasteiger partial charge < -0.3 is 10.2 Å². The fourth-order valence-electron chi connectivity index (χ4n) is 2.38. The average Bonchev–Trinajstić information content (AvgIpc) is 2.70. The second kappa shape index (κ2) is 4.90. The zero-order chi connectivity index (χ0) is 12.4. The highest BCUT2D eigenvalue weighted by Crippen LogP contribution is 2.22. The van der Waals surface area contributed by atoms with Crippen LogP contribution >= 0.6 is 0 Å². The minimum atomic E-state index is 0.552. The van der Waals surface area contributed by atoms with Gasteiger partial charge in [0.05, 0.1) is 11.4 Å². The summed E-state index contributed by atoms with van der Waals surface area (Å²) in [6.45, 7) is 5.21. The maximum Gasteiger partial charge on any atom is 0.226 e. The molecule has 1 aliphatic carbocycles. The fraction of sp³-hybridized carbons (Fsp3) is 0.429. The van der Waals surface area contributed by atoms with E-state index >= 15 is 0 Å². The van der Waals surface area contributed by atoms with Crippen molar-refractivity contribution in [2.75, 3.05) is 24.5 Å². The number of nitrogens with one attached hydrogen (secondary N) is 1. The first kappa shape index (κ1) is 11.4. The maximum atomic E-state index is 4.63. The average molecular weight is 242 g/mol. The number of aromatic nitrogens is 2. The molecule has 4 nitrogen and oxygen atoms in total. The van der Waals surface area contributed by atoms with Crippen LogP contribution in [0.5, 0.6) is 0 Å². The van der Waals surface area contributed by atoms with E-state index in [-0.39, 0.29) is 0 Å². The normalized spacial score (nSPS) is 20.3. The van der Waals surface area contributed by atoms with E-state index in [0.717, 1.165) is 43.4 Å². The first-order chi connectivity index (χ1) is 8.86. The summed E-state index contributed by atoms with van der Waals surface area (Å²) in [5, 5.41) is 3.51. The van der Waals surface area contributed by atoms with Crippen molar-refractivity contribution in [3.63, 3.8) is 0 Å². The molecule has 3 aliphatic rings. The van der Waals surface area contributed by atoms with Gasteiger partial charge in [-0.1, -0.05) is 25.1 Å². The van der Waals surface area contributed by atoms with E-state index in [0.29, 0.717) is 6.04 Å². The fourth-order valence-corrected chi connectivity index (χ4v) is 2.38. The molecule has 0 amide bonds. The zero-order valence-corrected chi connectivity index (χ0v) is 10.6. The predicted octanol–water partition coefficient (Wildman–Crippen LogP) is 1.77. The number of rotatable bonds is 2. The minimum absolute atomic E-state index is 0.552. The van der Waals surface area contributed by atoms with E-state index in [1.54, 1.807) is 0 Å². The molecular weight excluding hydrogens is 224 g/mol. The third-order valence-corrected chi connectivity index (χ3v) is 3.46. The van der Waals surface area contributed by atoms with Crippen LogP contribution in [-0.4, -0.2) is 35.6 Å². The smallest absolute Gasteiger partial charge is 0.226 e. The molecule has 2 heterocycles. The first-order valence-electron chi connectivity index (χ1n) is 6.58. The van der Waals surface area contributed by atoms with Gasteiger partial charge in [0.2, 0.25) is 5.95 Å². The molecule has 2 aliphatic heterocycles. The molecule has 0 bridgehead atoms. The SMILES string of the molecule is CCC1CN(c2nc3cccccc-3n2)CCN1. The van der Waals surface area contributed by atoms with E-state index in [2.05, 4.69) is 27.1 Å². The molecular formula is C14H18N4. The van der Waals surface area contributed by atoms with E-state index in [4.69, 9.17) is 0 Å². The molecule has 0 aromatic rings. The number of nitrogens with zero attached hydrogens (tertiary/aromatic N) is 3. The van der Waals surface area contributed by atoms with Crippen LogP contribution in [0.3, 0.4) is 0 Å². The minimum Gasteiger partial charge on any atom is -0.338 e. The third kappa shape index (κ3) is 2.16. The second-order valence-corrected chi connectivity index (χ2v) is 4.71. The van der Waals surface area contributed by atoms with Gasteiger partial charge in [-0.25, -0.2) is 9.97 Å². The van der Waals surface area contributed by atoms with Crippen LogP contribution in [-0.2, 0) is 0 Å². The third-order valence-electron chi connectivity index (χ3n) is 3.46. The van der Waals surface area contributed by atoms with Gasteiger partial charge in [-0.05, 0) is 18.6 Å². The van der Waals surface area contributed by atoms with Gasteiger partial charge in [-0.2, -0.15) is 0 Å². The topological polar surface area (TPSA) is 41.1 Å². The van der Waals surface area contributed by atoms with Crippen molar-refractivity contribution < 1.29 is 0 Å². The highest BCUT2D eigenvalue weighted by atomic mass is 15.3. The number of imidazole rings is 1. The van der Waals surface area contributed by atoms with Crippen molar-refractivity contribution in [2.24, 2.45) is 0 Å². The standard InChI is InChI=1S/C14H18N4/c1-2-11-10-18(9-8-15-11)14-16-12-6-4-3-5-7-13(12)17-14/h3-7,11,15H,2,8-10H2,1H3. The quantitative estimate of drug-likeness (QED) is 0.871. The summed E-state index contributed by atoms with van der Waals surface area (Å²) < 4.78 is 0. The van der Waals surface area contributed by atoms with Crippen LogP contribution in [0, 0.1) is 0 Å². The molecule has 94 valence electrons. The highest BCUT2D eigenvalue weighted by molar-refractivity contribution is 5.60. The molecule has 4 heteroatoms. The number of piperazine rings is 1. The highest BCUT2D eigenvalue weighted by Gasteiger charge is 2.21. The summed E-state index contributed by atoms with van der Waals surface area (Å²) in [6, 6.07) is 10.6. The van der Waals surface area contributed by atoms with Crippen molar-refractivity contribution in [1.82, 2.24) is 15.3 Å². The summed E-state index contributed by atoms with van der Waals surface area (Å²) in [6.07, 6.45) is 1.14. The molecule has 1 unspecified atom stereocenters. The van der Waals surface area contributed by atoms with Crippen molar-refractivity contribution in [3.05, 3.63) is 30.3 Å². The second-order valence-electron chi connectivity index (χ2n) is 4.71. The molecule has 1 fully saturated rings. The van der Waals surface area contributed by atoms with Crippen molar-refractivity contribution >= 4 is 5.95 Å². The molecule has 1 atom stereocenters. The van der Waals surface area contributed by atoms with E-state index in [1.165, 1.54) is 0 Å². The van der Waals surface area contributed by atoms with E-state index in [1.807, 2.05) is 30.3 Å². The Morgan fingerprint density at radius 3 is 2.61 bits per heavy atom. The van der Waals surface area contributed by atoms with Gasteiger partial charge in [-0.15, -0.1) is 0 Å². The molecule has 0 saturated carbocycles. The molecule has 3 rings (SSSR count). The van der Waals surface area contributed by atoms with E-state index < -0.39 is 0 Å². The van der Waals surface area contributed by atoms with Gasteiger partial charge in [0.1, 0.15) is 0 Å². The largest absolute Gasteiger partial charge is 0.338 e. The summed E-state index contributed by atoms with van der Waals surface area (Å²) >= 11 is 0. The van der Waals surface area contributed by atoms with Gasteiger partial charge >= 0.3 is 0 Å². The van der Waals surface area contributed by atoms with Gasteiger partial charge in [0.15, 0.2) is 0 Å². The Kier molecular flexibility index (Phi) is 3.11. The van der Waals surface area contributed by atoms with Gasteiger partial charge in [-0.3, -0.25) is 0 Å². The van der Waals surface area contributed by atoms with Crippen LogP contribution in [0.1, 0.15) is 13.3 Å². The van der Waals surface area contributed by atoms with Crippen molar-refractivity contribution in [3.8, 4) is 11.4 Å². The van der Waals surface area contributed by atoms with Crippen LogP contribution in [0.25, 0.3) is 11.4 Å². The lowest BCUT2D eigenvalue weighted by molar-refractivity contribution is 0.443. The van der Waals surface area contributed by atoms with Crippen LogP contribution in [0.2, 0.25) is 0 Å². The van der Waals surface area contributed by atoms with E-state index in [9.17, 15) is 0 Å². The lowest BCUT2D eigenvalue weighted by Crippen LogP contribution is -2.50. The Bertz CT molecular complexity index is 468. The van der Waals surface area contributed by atoms with Gasteiger partial charge in [0, 0.05) is 25.7 Å². The summed E-state index contributed by atoms with van der Waals surface area (Å²) in [5.74, 6) is 0.871. The van der Waals surface area contributed by atoms with Crippen LogP contribution in [0.15, 0.2) is 30.3 Å². The summed E-state index contributed by atoms with van der Waals surface area (Å²) in [4.78, 5) is 11.5. The lowest BCUT2D eigenvalue weighted by Gasteiger charge is -2.32. The van der Waals surface area contributed by atoms with Gasteiger partial charge in [0.25, 0.3) is 0 Å². The van der Waals surface area contributed by atoms with Crippen molar-refractivity contribution in [2.45, 2.75) is 19.4 Å². The molecule has 1 saturated heterocycles. The number of fused-ring (bicyclic) bond motifs is 1. The lowest BCUT2D eigenvalue weighted by atomic mass is 10.2. The Morgan fingerprint density at radius 1 is 1.22 bits per heavy atom. The predicted molar refractivity (Wildman–Crippen MR) is 72.9 cm³/mol. The Morgan fingerprint density at radius 2 is 1.94 bits per heavy atom. The van der Waals surface area contributed by atoms with Crippen LogP contribution < -0.4 is 10.2 Å². The molecule has 0 aromatic carbocycles. The Balaban J connectivity index is 1.88. The number of hydrogen-bond acceptors (Lipinski definition) is 4. The monoisotopic (exact) mass is 242 g/mol. The number of hydrogen-bond donors (Lipinski definition) is 1. The summed E-state index contributed by atoms with van der Waals surface area (Å²) in [7, 11) is 0. The maximum absolute atomic E-state index is 4.63. The van der Waals surface area contributed by atoms with Crippen molar-refractivity contribution in [1.29, 1.82) is 0 Å². The molecule has 18 heavy (non-hydrogen) atoms. The van der Waals surface area contributed by atoms with Crippen LogP contribution in [0.4, 0.5) is 5.95 Å². The Labute approximate surface area is 107 Å². The zero-order valence-electron chi connectivity index (χ0n) is 10.6. The molecule has 0 spiro atoms. The number of anilines is 1. The molecule has 0 radical (unpaired) electrons. The molecule has 1 N–H and O–H groups in total. The first-order valence-corrected chi connectivity index (χ1v) is 6.58. The Hall–Kier alpha value is -1.68. The summed E-state index contributed by atoms with van der Waals surface area (Å²) in [5.41, 5.74) is 1.95. The molecule has 0 aromatic heterocycles.